The first-order valence-electron chi connectivity index (χ1n) is 8.33. The van der Waals surface area contributed by atoms with Crippen LogP contribution < -0.4 is 0 Å². The van der Waals surface area contributed by atoms with Crippen molar-refractivity contribution in [3.05, 3.63) is 47.5 Å². The molecule has 22 heavy (non-hydrogen) atoms. The van der Waals surface area contributed by atoms with E-state index in [0.717, 1.165) is 12.7 Å². The van der Waals surface area contributed by atoms with Crippen LogP contribution in [0.5, 0.6) is 0 Å². The topological polar surface area (TPSA) is 9.23 Å². The third-order valence-corrected chi connectivity index (χ3v) is 11.3. The molecular formula is C20H34OSi. The molecule has 0 saturated carbocycles. The van der Waals surface area contributed by atoms with Gasteiger partial charge in [-0.05, 0) is 35.5 Å². The van der Waals surface area contributed by atoms with Crippen LogP contribution in [-0.4, -0.2) is 8.32 Å². The van der Waals surface area contributed by atoms with E-state index in [-0.39, 0.29) is 10.1 Å². The maximum Gasteiger partial charge on any atom is 0.207 e. The second kappa shape index (κ2) is 7.14. The molecule has 124 valence electrons. The van der Waals surface area contributed by atoms with Gasteiger partial charge in [0.15, 0.2) is 0 Å². The summed E-state index contributed by atoms with van der Waals surface area (Å²) in [5, 5.41) is 0.370. The summed E-state index contributed by atoms with van der Waals surface area (Å²) < 4.78 is 6.82. The lowest BCUT2D eigenvalue weighted by Gasteiger charge is -2.51. The number of hydrogen-bond acceptors (Lipinski definition) is 1. The van der Waals surface area contributed by atoms with Crippen LogP contribution >= 0.6 is 0 Å². The molecule has 0 spiro atoms. The lowest BCUT2D eigenvalue weighted by atomic mass is 10.2. The van der Waals surface area contributed by atoms with Crippen molar-refractivity contribution >= 4 is 8.32 Å². The van der Waals surface area contributed by atoms with E-state index in [9.17, 15) is 0 Å². The average molecular weight is 319 g/mol. The Kier molecular flexibility index (Phi) is 6.23. The third-order valence-electron chi connectivity index (χ3n) is 4.77. The fraction of sp³-hybridized carbons (Fsp3) is 0.600. The molecule has 1 nitrogen and oxygen atoms in total. The van der Waals surface area contributed by atoms with Gasteiger partial charge in [0.1, 0.15) is 0 Å². The van der Waals surface area contributed by atoms with Crippen LogP contribution in [-0.2, 0) is 11.0 Å². The van der Waals surface area contributed by atoms with Crippen molar-refractivity contribution in [2.45, 2.75) is 78.1 Å². The lowest BCUT2D eigenvalue weighted by Crippen LogP contribution is -2.54. The highest BCUT2D eigenvalue weighted by Gasteiger charge is 2.54. The van der Waals surface area contributed by atoms with Crippen molar-refractivity contribution in [2.75, 3.05) is 0 Å². The van der Waals surface area contributed by atoms with Gasteiger partial charge in [0.05, 0.1) is 6.61 Å². The summed E-state index contributed by atoms with van der Waals surface area (Å²) in [6, 6.07) is 11.7. The van der Waals surface area contributed by atoms with Gasteiger partial charge in [-0.3, -0.25) is 0 Å². The van der Waals surface area contributed by atoms with Gasteiger partial charge < -0.3 is 4.43 Å². The molecule has 1 aromatic carbocycles. The SMILES string of the molecule is C/C=C(\C)C[Si](OCc1ccccc1)(C(C)(C)C)C(C)(C)C. The second-order valence-corrected chi connectivity index (χ2v) is 13.7. The van der Waals surface area contributed by atoms with Crippen molar-refractivity contribution in [3.8, 4) is 0 Å². The maximum atomic E-state index is 6.82. The Labute approximate surface area is 138 Å². The van der Waals surface area contributed by atoms with E-state index < -0.39 is 8.32 Å². The molecule has 0 bridgehead atoms. The van der Waals surface area contributed by atoms with Gasteiger partial charge in [-0.2, -0.15) is 0 Å². The highest BCUT2D eigenvalue weighted by atomic mass is 28.4. The fourth-order valence-corrected chi connectivity index (χ4v) is 9.10. The molecule has 0 amide bonds. The van der Waals surface area contributed by atoms with E-state index in [1.54, 1.807) is 0 Å². The first-order valence-corrected chi connectivity index (χ1v) is 10.4. The molecule has 0 unspecified atom stereocenters. The number of allylic oxidation sites excluding steroid dienone is 2. The minimum absolute atomic E-state index is 0.185. The Bertz CT molecular complexity index is 475. The van der Waals surface area contributed by atoms with E-state index >= 15 is 0 Å². The summed E-state index contributed by atoms with van der Waals surface area (Å²) in [4.78, 5) is 0. The molecule has 1 aromatic rings. The van der Waals surface area contributed by atoms with Gasteiger partial charge in [-0.1, -0.05) is 83.5 Å². The van der Waals surface area contributed by atoms with Crippen LogP contribution in [0, 0.1) is 0 Å². The summed E-state index contributed by atoms with van der Waals surface area (Å²) >= 11 is 0. The molecule has 0 aliphatic rings. The molecule has 0 radical (unpaired) electrons. The predicted molar refractivity (Wildman–Crippen MR) is 101 cm³/mol. The Morgan fingerprint density at radius 2 is 1.50 bits per heavy atom. The molecule has 0 aromatic heterocycles. The molecule has 0 fully saturated rings. The molecule has 0 heterocycles. The van der Waals surface area contributed by atoms with Gasteiger partial charge in [-0.25, -0.2) is 0 Å². The molecule has 0 saturated heterocycles. The van der Waals surface area contributed by atoms with Gasteiger partial charge in [0.25, 0.3) is 0 Å². The monoisotopic (exact) mass is 318 g/mol. The Hall–Kier alpha value is -0.863. The van der Waals surface area contributed by atoms with Crippen LogP contribution in [0.4, 0.5) is 0 Å². The van der Waals surface area contributed by atoms with Crippen LogP contribution in [0.25, 0.3) is 0 Å². The zero-order chi connectivity index (χ0) is 17.0. The largest absolute Gasteiger partial charge is 0.411 e. The summed E-state index contributed by atoms with van der Waals surface area (Å²) in [5.41, 5.74) is 2.72. The highest BCUT2D eigenvalue weighted by molar-refractivity contribution is 6.79. The summed E-state index contributed by atoms with van der Waals surface area (Å²) in [6.45, 7) is 19.3. The quantitative estimate of drug-likeness (QED) is 0.433. The van der Waals surface area contributed by atoms with Gasteiger partial charge >= 0.3 is 0 Å². The Morgan fingerprint density at radius 3 is 1.91 bits per heavy atom. The number of hydrogen-bond donors (Lipinski definition) is 0. The van der Waals surface area contributed by atoms with Crippen molar-refractivity contribution in [2.24, 2.45) is 0 Å². The van der Waals surface area contributed by atoms with E-state index in [0.29, 0.717) is 0 Å². The molecule has 1 rings (SSSR count). The molecule has 0 aliphatic carbocycles. The zero-order valence-electron chi connectivity index (χ0n) is 15.8. The molecule has 0 N–H and O–H groups in total. The Balaban J connectivity index is 3.19. The minimum Gasteiger partial charge on any atom is -0.411 e. The normalized spacial score (nSPS) is 14.3. The van der Waals surface area contributed by atoms with Crippen LogP contribution in [0.1, 0.15) is 61.0 Å². The van der Waals surface area contributed by atoms with Gasteiger partial charge in [0.2, 0.25) is 8.32 Å². The summed E-state index contributed by atoms with van der Waals surface area (Å²) in [6.07, 6.45) is 2.24. The van der Waals surface area contributed by atoms with Crippen molar-refractivity contribution < 1.29 is 4.43 Å². The van der Waals surface area contributed by atoms with Crippen molar-refractivity contribution in [1.29, 1.82) is 0 Å². The second-order valence-electron chi connectivity index (χ2n) is 8.41. The van der Waals surface area contributed by atoms with Crippen LogP contribution in [0.15, 0.2) is 42.0 Å². The molecular weight excluding hydrogens is 284 g/mol. The van der Waals surface area contributed by atoms with Crippen molar-refractivity contribution in [1.82, 2.24) is 0 Å². The lowest BCUT2D eigenvalue weighted by molar-refractivity contribution is 0.246. The number of benzene rings is 1. The van der Waals surface area contributed by atoms with Crippen molar-refractivity contribution in [3.63, 3.8) is 0 Å². The zero-order valence-corrected chi connectivity index (χ0v) is 16.8. The highest BCUT2D eigenvalue weighted by Crippen LogP contribution is 2.55. The van der Waals surface area contributed by atoms with Gasteiger partial charge in [0, 0.05) is 0 Å². The first kappa shape index (κ1) is 19.2. The maximum absolute atomic E-state index is 6.82. The fourth-order valence-electron chi connectivity index (χ4n) is 3.41. The Morgan fingerprint density at radius 1 is 1.00 bits per heavy atom. The number of rotatable bonds is 5. The summed E-state index contributed by atoms with van der Waals surface area (Å²) in [5.74, 6) is 0. The smallest absolute Gasteiger partial charge is 0.207 e. The van der Waals surface area contributed by atoms with Crippen LogP contribution in [0.2, 0.25) is 16.1 Å². The third kappa shape index (κ3) is 4.33. The molecule has 0 atom stereocenters. The standard InChI is InChI=1S/C20H34OSi/c1-9-17(2)16-22(19(3,4)5,20(6,7)8)21-15-18-13-11-10-12-14-18/h9-14H,15-16H2,1-8H3/b17-9+. The van der Waals surface area contributed by atoms with Gasteiger partial charge in [-0.15, -0.1) is 0 Å². The summed E-state index contributed by atoms with van der Waals surface area (Å²) in [7, 11) is -2.03. The van der Waals surface area contributed by atoms with E-state index in [2.05, 4.69) is 91.8 Å². The molecule has 0 aliphatic heterocycles. The first-order chi connectivity index (χ1) is 10.0. The minimum atomic E-state index is -2.03. The molecule has 2 heteroatoms. The van der Waals surface area contributed by atoms with E-state index in [1.165, 1.54) is 11.1 Å². The predicted octanol–water partition coefficient (Wildman–Crippen LogP) is 6.72. The average Bonchev–Trinajstić information content (AvgIpc) is 2.41. The van der Waals surface area contributed by atoms with Crippen LogP contribution in [0.3, 0.4) is 0 Å². The van der Waals surface area contributed by atoms with E-state index in [1.807, 2.05) is 0 Å². The van der Waals surface area contributed by atoms with E-state index in [4.69, 9.17) is 4.43 Å².